The predicted octanol–water partition coefficient (Wildman–Crippen LogP) is 3.00. The van der Waals surface area contributed by atoms with Crippen LogP contribution in [-0.4, -0.2) is 30.5 Å². The molecule has 1 aromatic carbocycles. The molecule has 6 heteroatoms. The summed E-state index contributed by atoms with van der Waals surface area (Å²) in [6.45, 7) is 4.71. The van der Waals surface area contributed by atoms with E-state index in [0.717, 1.165) is 31.4 Å². The Bertz CT molecular complexity index is 833. The largest absolute Gasteiger partial charge is 0.344 e. The lowest BCUT2D eigenvalue weighted by Gasteiger charge is -2.28. The van der Waals surface area contributed by atoms with Crippen molar-refractivity contribution in [2.75, 3.05) is 19.6 Å². The van der Waals surface area contributed by atoms with Crippen LogP contribution in [-0.2, 0) is 4.79 Å². The minimum atomic E-state index is 0.0992. The molecule has 1 atom stereocenters. The number of thiophene rings is 1. The van der Waals surface area contributed by atoms with Gasteiger partial charge in [-0.15, -0.1) is 22.7 Å². The van der Waals surface area contributed by atoms with Crippen molar-refractivity contribution in [2.24, 2.45) is 0 Å². The Morgan fingerprint density at radius 1 is 1.27 bits per heavy atom. The Balaban J connectivity index is 1.28. The Labute approximate surface area is 161 Å². The molecule has 3 heterocycles. The lowest BCUT2D eigenvalue weighted by molar-refractivity contribution is -0.897. The van der Waals surface area contributed by atoms with E-state index in [2.05, 4.69) is 41.9 Å². The lowest BCUT2D eigenvalue weighted by atomic mass is 9.97. The number of fused-ring (bicyclic) bond motifs is 1. The van der Waals surface area contributed by atoms with Crippen LogP contribution in [0.3, 0.4) is 0 Å². The van der Waals surface area contributed by atoms with E-state index in [4.69, 9.17) is 4.98 Å². The number of amides is 1. The quantitative estimate of drug-likeness (QED) is 0.708. The minimum absolute atomic E-state index is 0.0992. The molecule has 136 valence electrons. The van der Waals surface area contributed by atoms with E-state index in [1.807, 2.05) is 23.5 Å². The third kappa shape index (κ3) is 3.98. The first-order chi connectivity index (χ1) is 12.7. The summed E-state index contributed by atoms with van der Waals surface area (Å²) >= 11 is 3.52. The number of carbonyl (C=O) groups excluding carboxylic acids is 1. The fourth-order valence-corrected chi connectivity index (χ4v) is 5.51. The first kappa shape index (κ1) is 17.6. The second-order valence-corrected chi connectivity index (χ2v) is 9.07. The molecule has 1 fully saturated rings. The number of likely N-dealkylation sites (tertiary alicyclic amines) is 1. The zero-order chi connectivity index (χ0) is 17.9. The van der Waals surface area contributed by atoms with Gasteiger partial charge in [0, 0.05) is 23.6 Å². The molecule has 2 aromatic heterocycles. The molecule has 0 saturated carbocycles. The number of quaternary nitrogens is 1. The number of para-hydroxylation sites is 1. The third-order valence-electron chi connectivity index (χ3n) is 5.11. The minimum Gasteiger partial charge on any atom is -0.344 e. The number of piperidine rings is 1. The number of hydrogen-bond donors (Lipinski definition) is 2. The normalized spacial score (nSPS) is 21.6. The molecule has 0 radical (unpaired) electrons. The van der Waals surface area contributed by atoms with Gasteiger partial charge in [-0.05, 0) is 30.5 Å². The van der Waals surface area contributed by atoms with Crippen molar-refractivity contribution in [2.45, 2.75) is 31.7 Å². The second kappa shape index (κ2) is 7.86. The maximum atomic E-state index is 12.3. The number of benzene rings is 1. The van der Waals surface area contributed by atoms with Crippen LogP contribution >= 0.6 is 22.7 Å². The van der Waals surface area contributed by atoms with Crippen LogP contribution in [0.25, 0.3) is 10.2 Å². The summed E-state index contributed by atoms with van der Waals surface area (Å²) in [4.78, 5) is 19.8. The van der Waals surface area contributed by atoms with Gasteiger partial charge >= 0.3 is 0 Å². The average Bonchev–Trinajstić information content (AvgIpc) is 3.32. The molecule has 4 rings (SSSR count). The number of nitrogens with one attached hydrogen (secondary N) is 2. The highest BCUT2D eigenvalue weighted by Gasteiger charge is 2.27. The van der Waals surface area contributed by atoms with E-state index >= 15 is 0 Å². The van der Waals surface area contributed by atoms with Gasteiger partial charge in [0.15, 0.2) is 6.54 Å². The maximum Gasteiger partial charge on any atom is 0.275 e. The van der Waals surface area contributed by atoms with E-state index in [0.29, 0.717) is 12.5 Å². The van der Waals surface area contributed by atoms with Gasteiger partial charge in [-0.1, -0.05) is 18.2 Å². The molecule has 26 heavy (non-hydrogen) atoms. The number of hydrogen-bond acceptors (Lipinski definition) is 4. The Morgan fingerprint density at radius 3 is 2.81 bits per heavy atom. The van der Waals surface area contributed by atoms with Crippen molar-refractivity contribution in [1.82, 2.24) is 10.3 Å². The van der Waals surface area contributed by atoms with E-state index in [1.165, 1.54) is 19.5 Å². The van der Waals surface area contributed by atoms with Crippen LogP contribution in [0.15, 0.2) is 41.8 Å². The first-order valence-electron chi connectivity index (χ1n) is 9.21. The van der Waals surface area contributed by atoms with Crippen LogP contribution < -0.4 is 10.2 Å². The van der Waals surface area contributed by atoms with Gasteiger partial charge in [-0.3, -0.25) is 4.79 Å². The molecule has 1 saturated heterocycles. The summed E-state index contributed by atoms with van der Waals surface area (Å²) in [5, 5.41) is 6.45. The molecule has 2 N–H and O–H groups in total. The van der Waals surface area contributed by atoms with Crippen LogP contribution in [0, 0.1) is 0 Å². The van der Waals surface area contributed by atoms with Gasteiger partial charge < -0.3 is 10.2 Å². The highest BCUT2D eigenvalue weighted by Crippen LogP contribution is 2.31. The third-order valence-corrected chi connectivity index (χ3v) is 7.36. The predicted molar refractivity (Wildman–Crippen MR) is 108 cm³/mol. The molecule has 4 nitrogen and oxygen atoms in total. The molecule has 0 bridgehead atoms. The molecule has 1 amide bonds. The zero-order valence-corrected chi connectivity index (χ0v) is 16.5. The molecule has 0 spiro atoms. The number of nitrogens with zero attached hydrogens (tertiary/aromatic N) is 1. The first-order valence-corrected chi connectivity index (χ1v) is 10.9. The summed E-state index contributed by atoms with van der Waals surface area (Å²) in [7, 11) is 0. The number of carbonyl (C=O) groups is 1. The topological polar surface area (TPSA) is 46.4 Å². The standard InChI is InChI=1S/C20H23N3OS2/c1-14(17-7-4-12-25-17)21-19(24)13-23-10-8-15(9-11-23)20-22-16-5-2-3-6-18(16)26-20/h2-7,12,14-15H,8-11,13H2,1H3,(H,21,24)/p+1/t14-/m1/s1. The Kier molecular flexibility index (Phi) is 5.33. The van der Waals surface area contributed by atoms with Crippen LogP contribution in [0.1, 0.15) is 41.6 Å². The van der Waals surface area contributed by atoms with E-state index in [9.17, 15) is 4.79 Å². The fourth-order valence-electron chi connectivity index (χ4n) is 3.64. The van der Waals surface area contributed by atoms with E-state index in [-0.39, 0.29) is 11.9 Å². The van der Waals surface area contributed by atoms with Gasteiger partial charge in [0.2, 0.25) is 0 Å². The lowest BCUT2D eigenvalue weighted by Crippen LogP contribution is -3.14. The molecular formula is C20H24N3OS2+. The Morgan fingerprint density at radius 2 is 2.08 bits per heavy atom. The summed E-state index contributed by atoms with van der Waals surface area (Å²) < 4.78 is 1.28. The summed E-state index contributed by atoms with van der Waals surface area (Å²) in [6, 6.07) is 12.6. The van der Waals surface area contributed by atoms with Gasteiger partial charge in [0.25, 0.3) is 5.91 Å². The van der Waals surface area contributed by atoms with Crippen molar-refractivity contribution in [1.29, 1.82) is 0 Å². The van der Waals surface area contributed by atoms with Crippen molar-refractivity contribution >= 4 is 38.8 Å². The van der Waals surface area contributed by atoms with Crippen molar-refractivity contribution in [3.05, 3.63) is 51.7 Å². The number of rotatable bonds is 5. The molecular weight excluding hydrogens is 362 g/mol. The Hall–Kier alpha value is -1.76. The summed E-state index contributed by atoms with van der Waals surface area (Å²) in [5.74, 6) is 0.698. The van der Waals surface area contributed by atoms with Crippen molar-refractivity contribution < 1.29 is 9.69 Å². The highest BCUT2D eigenvalue weighted by atomic mass is 32.1. The number of thiazole rings is 1. The average molecular weight is 387 g/mol. The second-order valence-electron chi connectivity index (χ2n) is 7.03. The van der Waals surface area contributed by atoms with Gasteiger partial charge in [-0.25, -0.2) is 4.98 Å². The van der Waals surface area contributed by atoms with E-state index in [1.54, 1.807) is 11.3 Å². The fraction of sp³-hybridized carbons (Fsp3) is 0.400. The molecule has 1 aliphatic rings. The molecule has 0 aliphatic carbocycles. The smallest absolute Gasteiger partial charge is 0.275 e. The van der Waals surface area contributed by atoms with Crippen molar-refractivity contribution in [3.63, 3.8) is 0 Å². The van der Waals surface area contributed by atoms with Gasteiger partial charge in [-0.2, -0.15) is 0 Å². The molecule has 1 aliphatic heterocycles. The molecule has 0 unspecified atom stereocenters. The summed E-state index contributed by atoms with van der Waals surface area (Å²) in [6.07, 6.45) is 2.23. The van der Waals surface area contributed by atoms with Crippen LogP contribution in [0.2, 0.25) is 0 Å². The van der Waals surface area contributed by atoms with Crippen LogP contribution in [0.4, 0.5) is 0 Å². The monoisotopic (exact) mass is 386 g/mol. The maximum absolute atomic E-state index is 12.3. The van der Waals surface area contributed by atoms with Crippen molar-refractivity contribution in [3.8, 4) is 0 Å². The highest BCUT2D eigenvalue weighted by molar-refractivity contribution is 7.18. The van der Waals surface area contributed by atoms with Gasteiger partial charge in [0.1, 0.15) is 0 Å². The van der Waals surface area contributed by atoms with Gasteiger partial charge in [0.05, 0.1) is 34.4 Å². The summed E-state index contributed by atoms with van der Waals surface area (Å²) in [5.41, 5.74) is 1.12. The van der Waals surface area contributed by atoms with Crippen LogP contribution in [0.5, 0.6) is 0 Å². The molecule has 3 aromatic rings. The van der Waals surface area contributed by atoms with E-state index < -0.39 is 0 Å². The number of aromatic nitrogens is 1. The zero-order valence-electron chi connectivity index (χ0n) is 14.9. The SMILES string of the molecule is C[C@@H](NC(=O)C[NH+]1CCC(c2nc3ccccc3s2)CC1)c1cccs1.